The van der Waals surface area contributed by atoms with Gasteiger partial charge in [-0.1, -0.05) is 26.0 Å². The number of aromatic amines is 1. The first kappa shape index (κ1) is 11.8. The number of rotatable bonds is 3. The lowest BCUT2D eigenvalue weighted by atomic mass is 10.2. The van der Waals surface area contributed by atoms with E-state index in [0.29, 0.717) is 17.3 Å². The molecule has 2 N–H and O–H groups in total. The van der Waals surface area contributed by atoms with Gasteiger partial charge in [0.25, 0.3) is 5.56 Å². The monoisotopic (exact) mass is 231 g/mol. The van der Waals surface area contributed by atoms with E-state index < -0.39 is 0 Å². The Bertz CT molecular complexity index is 574. The molecule has 2 aromatic rings. The van der Waals surface area contributed by atoms with Gasteiger partial charge < -0.3 is 10.3 Å². The van der Waals surface area contributed by atoms with Gasteiger partial charge in [-0.15, -0.1) is 0 Å². The molecular formula is C13H17N3O. The third-order valence-corrected chi connectivity index (χ3v) is 2.62. The Kier molecular flexibility index (Phi) is 3.24. The first-order valence-electron chi connectivity index (χ1n) is 5.83. The summed E-state index contributed by atoms with van der Waals surface area (Å²) in [5, 5.41) is 3.95. The predicted octanol–water partition coefficient (Wildman–Crippen LogP) is 1.98. The molecule has 0 saturated carbocycles. The Hall–Kier alpha value is -1.68. The summed E-state index contributed by atoms with van der Waals surface area (Å²) in [5.41, 5.74) is 0.659. The summed E-state index contributed by atoms with van der Waals surface area (Å²) in [7, 11) is 0. The molecule has 1 atom stereocenters. The number of para-hydroxylation sites is 1. The molecule has 1 aromatic heterocycles. The van der Waals surface area contributed by atoms with E-state index in [1.54, 1.807) is 6.07 Å². The van der Waals surface area contributed by atoms with Crippen LogP contribution >= 0.6 is 0 Å². The molecule has 0 fully saturated rings. The summed E-state index contributed by atoms with van der Waals surface area (Å²) in [4.78, 5) is 19.2. The fourth-order valence-corrected chi connectivity index (χ4v) is 1.89. The molecule has 4 heteroatoms. The van der Waals surface area contributed by atoms with E-state index in [0.717, 1.165) is 5.52 Å². The Morgan fingerprint density at radius 1 is 1.24 bits per heavy atom. The molecule has 1 aromatic carbocycles. The molecule has 0 bridgehead atoms. The number of nitrogens with one attached hydrogen (secondary N) is 2. The van der Waals surface area contributed by atoms with Crippen LogP contribution in [0.15, 0.2) is 29.1 Å². The second-order valence-corrected chi connectivity index (χ2v) is 4.51. The van der Waals surface area contributed by atoms with Crippen molar-refractivity contribution in [2.75, 3.05) is 0 Å². The smallest absolute Gasteiger partial charge is 0.258 e. The van der Waals surface area contributed by atoms with E-state index in [1.165, 1.54) is 0 Å². The number of fused-ring (bicyclic) bond motifs is 1. The van der Waals surface area contributed by atoms with E-state index in [9.17, 15) is 4.79 Å². The van der Waals surface area contributed by atoms with Crippen molar-refractivity contribution in [2.24, 2.45) is 0 Å². The minimum Gasteiger partial charge on any atom is -0.309 e. The molecule has 4 nitrogen and oxygen atoms in total. The summed E-state index contributed by atoms with van der Waals surface area (Å²) in [6, 6.07) is 7.75. The van der Waals surface area contributed by atoms with Crippen LogP contribution in [0.1, 0.15) is 32.6 Å². The summed E-state index contributed by atoms with van der Waals surface area (Å²) in [6.45, 7) is 6.12. The van der Waals surface area contributed by atoms with Gasteiger partial charge in [0.1, 0.15) is 5.82 Å². The summed E-state index contributed by atoms with van der Waals surface area (Å²) < 4.78 is 0. The lowest BCUT2D eigenvalue weighted by molar-refractivity contribution is 0.487. The second kappa shape index (κ2) is 4.67. The van der Waals surface area contributed by atoms with Crippen molar-refractivity contribution in [3.63, 3.8) is 0 Å². The van der Waals surface area contributed by atoms with E-state index in [1.807, 2.05) is 25.1 Å². The largest absolute Gasteiger partial charge is 0.309 e. The van der Waals surface area contributed by atoms with Crippen molar-refractivity contribution in [1.29, 1.82) is 0 Å². The minimum absolute atomic E-state index is 0.0345. The van der Waals surface area contributed by atoms with Gasteiger partial charge in [0.05, 0.1) is 16.9 Å². The number of hydrogen-bond acceptors (Lipinski definition) is 3. The molecule has 0 aliphatic heterocycles. The molecular weight excluding hydrogens is 214 g/mol. The average molecular weight is 231 g/mol. The fraction of sp³-hybridized carbons (Fsp3) is 0.385. The Balaban J connectivity index is 2.46. The van der Waals surface area contributed by atoms with E-state index in [2.05, 4.69) is 29.1 Å². The van der Waals surface area contributed by atoms with Crippen molar-refractivity contribution >= 4 is 10.9 Å². The first-order valence-corrected chi connectivity index (χ1v) is 5.83. The van der Waals surface area contributed by atoms with Crippen molar-refractivity contribution in [1.82, 2.24) is 15.3 Å². The van der Waals surface area contributed by atoms with Gasteiger partial charge in [0.2, 0.25) is 0 Å². The Labute approximate surface area is 100 Å². The van der Waals surface area contributed by atoms with Gasteiger partial charge in [0.15, 0.2) is 0 Å². The number of aromatic nitrogens is 2. The molecule has 90 valence electrons. The molecule has 0 saturated heterocycles. The van der Waals surface area contributed by atoms with E-state index in [4.69, 9.17) is 0 Å². The van der Waals surface area contributed by atoms with Crippen molar-refractivity contribution < 1.29 is 0 Å². The van der Waals surface area contributed by atoms with Gasteiger partial charge >= 0.3 is 0 Å². The quantitative estimate of drug-likeness (QED) is 0.849. The molecule has 17 heavy (non-hydrogen) atoms. The van der Waals surface area contributed by atoms with Crippen LogP contribution in [-0.2, 0) is 0 Å². The minimum atomic E-state index is -0.0805. The number of hydrogen-bond donors (Lipinski definition) is 2. The van der Waals surface area contributed by atoms with Crippen LogP contribution in [0.25, 0.3) is 10.9 Å². The average Bonchev–Trinajstić information content (AvgIpc) is 2.28. The Morgan fingerprint density at radius 3 is 2.65 bits per heavy atom. The van der Waals surface area contributed by atoms with E-state index >= 15 is 0 Å². The number of nitrogens with zero attached hydrogens (tertiary/aromatic N) is 1. The van der Waals surface area contributed by atoms with Crippen molar-refractivity contribution in [3.05, 3.63) is 40.4 Å². The van der Waals surface area contributed by atoms with Crippen molar-refractivity contribution in [3.8, 4) is 0 Å². The first-order chi connectivity index (χ1) is 8.08. The third-order valence-electron chi connectivity index (χ3n) is 2.62. The summed E-state index contributed by atoms with van der Waals surface area (Å²) >= 11 is 0. The predicted molar refractivity (Wildman–Crippen MR) is 69.1 cm³/mol. The number of benzene rings is 1. The van der Waals surface area contributed by atoms with Gasteiger partial charge in [-0.05, 0) is 19.1 Å². The molecule has 0 unspecified atom stereocenters. The highest BCUT2D eigenvalue weighted by atomic mass is 16.1. The molecule has 1 heterocycles. The van der Waals surface area contributed by atoms with Crippen LogP contribution in [0.2, 0.25) is 0 Å². The maximum absolute atomic E-state index is 11.9. The summed E-state index contributed by atoms with van der Waals surface area (Å²) in [6.07, 6.45) is 0. The topological polar surface area (TPSA) is 57.8 Å². The second-order valence-electron chi connectivity index (χ2n) is 4.51. The maximum Gasteiger partial charge on any atom is 0.258 e. The van der Waals surface area contributed by atoms with Crippen molar-refractivity contribution in [2.45, 2.75) is 32.9 Å². The molecule has 0 aliphatic rings. The Morgan fingerprint density at radius 2 is 1.94 bits per heavy atom. The molecule has 0 amide bonds. The highest BCUT2D eigenvalue weighted by Gasteiger charge is 2.10. The highest BCUT2D eigenvalue weighted by Crippen LogP contribution is 2.10. The number of H-pyrrole nitrogens is 1. The normalized spacial score (nSPS) is 13.2. The van der Waals surface area contributed by atoms with E-state index in [-0.39, 0.29) is 11.6 Å². The fourth-order valence-electron chi connectivity index (χ4n) is 1.89. The SMILES string of the molecule is CC(C)N[C@@H](C)c1nc2ccccc2c(=O)[nH]1. The highest BCUT2D eigenvalue weighted by molar-refractivity contribution is 5.77. The molecule has 0 radical (unpaired) electrons. The summed E-state index contributed by atoms with van der Waals surface area (Å²) in [5.74, 6) is 0.683. The third kappa shape index (κ3) is 2.53. The van der Waals surface area contributed by atoms with Crippen LogP contribution in [-0.4, -0.2) is 16.0 Å². The van der Waals surface area contributed by atoms with Crippen LogP contribution in [0, 0.1) is 0 Å². The van der Waals surface area contributed by atoms with Gasteiger partial charge in [-0.2, -0.15) is 0 Å². The van der Waals surface area contributed by atoms with Crippen LogP contribution in [0.3, 0.4) is 0 Å². The van der Waals surface area contributed by atoms with Crippen LogP contribution in [0.4, 0.5) is 0 Å². The van der Waals surface area contributed by atoms with Gasteiger partial charge in [-0.3, -0.25) is 4.79 Å². The van der Waals surface area contributed by atoms with Gasteiger partial charge in [0, 0.05) is 6.04 Å². The lowest BCUT2D eigenvalue weighted by Crippen LogP contribution is -2.29. The van der Waals surface area contributed by atoms with Crippen LogP contribution in [0.5, 0.6) is 0 Å². The lowest BCUT2D eigenvalue weighted by Gasteiger charge is -2.16. The van der Waals surface area contributed by atoms with Crippen LogP contribution < -0.4 is 10.9 Å². The molecule has 2 rings (SSSR count). The molecule has 0 aliphatic carbocycles. The zero-order chi connectivity index (χ0) is 12.4. The van der Waals surface area contributed by atoms with Gasteiger partial charge in [-0.25, -0.2) is 4.98 Å². The standard InChI is InChI=1S/C13H17N3O/c1-8(2)14-9(3)12-15-11-7-5-4-6-10(11)13(17)16-12/h4-9,14H,1-3H3,(H,15,16,17)/t9-/m0/s1. The molecule has 0 spiro atoms. The zero-order valence-corrected chi connectivity index (χ0v) is 10.3. The zero-order valence-electron chi connectivity index (χ0n) is 10.3. The maximum atomic E-state index is 11.9.